The summed E-state index contributed by atoms with van der Waals surface area (Å²) in [4.78, 5) is 38.3. The molecule has 154 valence electrons. The van der Waals surface area contributed by atoms with Crippen LogP contribution < -0.4 is 26.0 Å². The number of hydrogen-bond donors (Lipinski definition) is 1. The van der Waals surface area contributed by atoms with Crippen molar-refractivity contribution < 1.29 is 14.3 Å². The molecule has 8 nitrogen and oxygen atoms in total. The van der Waals surface area contributed by atoms with Gasteiger partial charge in [0, 0.05) is 30.4 Å². The molecular weight excluding hydrogens is 394 g/mol. The normalized spacial score (nSPS) is 11.1. The molecule has 0 saturated heterocycles. The Morgan fingerprint density at radius 1 is 1.10 bits per heavy atom. The number of nitrogens with zero attached hydrogens (tertiary/aromatic N) is 2. The Labute approximate surface area is 171 Å². The van der Waals surface area contributed by atoms with Crippen LogP contribution in [0, 0.1) is 5.92 Å². The molecule has 0 aliphatic carbocycles. The lowest BCUT2D eigenvalue weighted by Crippen LogP contribution is -2.42. The third-order valence-corrected chi connectivity index (χ3v) is 5.21. The summed E-state index contributed by atoms with van der Waals surface area (Å²) in [6.45, 7) is 3.93. The Hall–Kier alpha value is -3.07. The summed E-state index contributed by atoms with van der Waals surface area (Å²) in [5.41, 5.74) is 0.135. The van der Waals surface area contributed by atoms with E-state index in [0.717, 1.165) is 0 Å². The molecule has 0 aliphatic rings. The Balaban J connectivity index is 1.96. The molecule has 0 fully saturated rings. The highest BCUT2D eigenvalue weighted by Gasteiger charge is 2.17. The maximum atomic E-state index is 12.9. The fourth-order valence-corrected chi connectivity index (χ4v) is 3.88. The van der Waals surface area contributed by atoms with Crippen molar-refractivity contribution in [3.63, 3.8) is 0 Å². The van der Waals surface area contributed by atoms with Crippen LogP contribution in [-0.2, 0) is 17.9 Å². The number of rotatable bonds is 7. The van der Waals surface area contributed by atoms with Gasteiger partial charge >= 0.3 is 5.69 Å². The second-order valence-corrected chi connectivity index (χ2v) is 7.88. The van der Waals surface area contributed by atoms with Crippen molar-refractivity contribution in [2.24, 2.45) is 5.92 Å². The number of hydrogen-bond acceptors (Lipinski definition) is 6. The summed E-state index contributed by atoms with van der Waals surface area (Å²) in [5, 5.41) is 4.50. The Morgan fingerprint density at radius 2 is 1.76 bits per heavy atom. The lowest BCUT2D eigenvalue weighted by atomic mass is 10.2. The second kappa shape index (κ2) is 8.52. The fourth-order valence-electron chi connectivity index (χ4n) is 3.04. The van der Waals surface area contributed by atoms with Crippen molar-refractivity contribution in [1.82, 2.24) is 9.13 Å². The van der Waals surface area contributed by atoms with Gasteiger partial charge < -0.3 is 14.8 Å². The van der Waals surface area contributed by atoms with Crippen LogP contribution >= 0.6 is 11.3 Å². The zero-order valence-electron chi connectivity index (χ0n) is 16.7. The van der Waals surface area contributed by atoms with Gasteiger partial charge in [0.1, 0.15) is 22.7 Å². The summed E-state index contributed by atoms with van der Waals surface area (Å²) in [6.07, 6.45) is 0. The third-order valence-electron chi connectivity index (χ3n) is 4.32. The molecule has 1 amide bonds. The largest absolute Gasteiger partial charge is 0.497 e. The summed E-state index contributed by atoms with van der Waals surface area (Å²) in [7, 11) is 3.04. The monoisotopic (exact) mass is 417 g/mol. The van der Waals surface area contributed by atoms with E-state index in [9.17, 15) is 14.4 Å². The number of methoxy groups -OCH3 is 2. The van der Waals surface area contributed by atoms with E-state index in [4.69, 9.17) is 9.47 Å². The summed E-state index contributed by atoms with van der Waals surface area (Å²) >= 11 is 1.26. The number of carbonyl (C=O) groups is 1. The molecule has 0 saturated carbocycles. The lowest BCUT2D eigenvalue weighted by Gasteiger charge is -2.14. The van der Waals surface area contributed by atoms with Gasteiger partial charge in [0.25, 0.3) is 5.56 Å². The van der Waals surface area contributed by atoms with E-state index in [1.807, 2.05) is 13.8 Å². The van der Waals surface area contributed by atoms with Crippen LogP contribution in [0.3, 0.4) is 0 Å². The van der Waals surface area contributed by atoms with Gasteiger partial charge in [0.15, 0.2) is 0 Å². The highest BCUT2D eigenvalue weighted by Crippen LogP contribution is 2.25. The molecule has 3 aromatic rings. The topological polar surface area (TPSA) is 91.6 Å². The van der Waals surface area contributed by atoms with Crippen LogP contribution in [-0.4, -0.2) is 29.3 Å². The zero-order valence-corrected chi connectivity index (χ0v) is 17.5. The first-order valence-corrected chi connectivity index (χ1v) is 9.95. The average molecular weight is 417 g/mol. The molecule has 0 unspecified atom stereocenters. The van der Waals surface area contributed by atoms with Crippen molar-refractivity contribution in [3.8, 4) is 11.5 Å². The summed E-state index contributed by atoms with van der Waals surface area (Å²) in [6, 6.07) is 6.69. The molecular formula is C20H23N3O5S. The van der Waals surface area contributed by atoms with E-state index in [2.05, 4.69) is 5.32 Å². The van der Waals surface area contributed by atoms with Gasteiger partial charge in [0.05, 0.1) is 19.7 Å². The van der Waals surface area contributed by atoms with E-state index in [1.54, 1.807) is 29.6 Å². The number of thiophene rings is 1. The van der Waals surface area contributed by atoms with Crippen LogP contribution in [0.15, 0.2) is 39.2 Å². The van der Waals surface area contributed by atoms with Gasteiger partial charge in [0.2, 0.25) is 5.91 Å². The van der Waals surface area contributed by atoms with Crippen molar-refractivity contribution in [2.75, 3.05) is 19.5 Å². The van der Waals surface area contributed by atoms with Gasteiger partial charge in [-0.1, -0.05) is 13.8 Å². The molecule has 29 heavy (non-hydrogen) atoms. The van der Waals surface area contributed by atoms with Crippen LogP contribution in [0.2, 0.25) is 0 Å². The zero-order chi connectivity index (χ0) is 21.1. The smallest absolute Gasteiger partial charge is 0.332 e. The van der Waals surface area contributed by atoms with Gasteiger partial charge in [-0.25, -0.2) is 4.79 Å². The summed E-state index contributed by atoms with van der Waals surface area (Å²) in [5.74, 6) is 0.777. The lowest BCUT2D eigenvalue weighted by molar-refractivity contribution is -0.116. The number of benzene rings is 1. The molecule has 0 atom stereocenters. The van der Waals surface area contributed by atoms with Gasteiger partial charge in [-0.2, -0.15) is 0 Å². The van der Waals surface area contributed by atoms with Gasteiger partial charge in [-0.05, 0) is 17.4 Å². The number of anilines is 1. The number of ether oxygens (including phenoxy) is 2. The van der Waals surface area contributed by atoms with Crippen molar-refractivity contribution in [1.29, 1.82) is 0 Å². The minimum Gasteiger partial charge on any atom is -0.497 e. The van der Waals surface area contributed by atoms with E-state index in [1.165, 1.54) is 34.7 Å². The highest BCUT2D eigenvalue weighted by atomic mass is 32.1. The minimum absolute atomic E-state index is 0.115. The number of aromatic nitrogens is 2. The first-order chi connectivity index (χ1) is 13.8. The SMILES string of the molecule is COc1cc(NC(=O)Cn2c(=O)n(CC(C)C)c(=O)c3sccc32)cc(OC)c1. The van der Waals surface area contributed by atoms with E-state index < -0.39 is 11.6 Å². The number of nitrogens with one attached hydrogen (secondary N) is 1. The van der Waals surface area contributed by atoms with Crippen molar-refractivity contribution in [2.45, 2.75) is 26.9 Å². The fraction of sp³-hybridized carbons (Fsp3) is 0.350. The number of carbonyl (C=O) groups excluding carboxylic acids is 1. The van der Waals surface area contributed by atoms with Gasteiger partial charge in [-0.3, -0.25) is 18.7 Å². The van der Waals surface area contributed by atoms with Gasteiger partial charge in [-0.15, -0.1) is 11.3 Å². The molecule has 0 bridgehead atoms. The molecule has 0 radical (unpaired) electrons. The standard InChI is InChI=1S/C20H23N3O5S/c1-12(2)10-23-19(25)18-16(5-6-29-18)22(20(23)26)11-17(24)21-13-7-14(27-3)9-15(8-13)28-4/h5-9,12H,10-11H2,1-4H3,(H,21,24). The maximum Gasteiger partial charge on any atom is 0.332 e. The van der Waals surface area contributed by atoms with Crippen LogP contribution in [0.5, 0.6) is 11.5 Å². The predicted molar refractivity (Wildman–Crippen MR) is 113 cm³/mol. The van der Waals surface area contributed by atoms with E-state index >= 15 is 0 Å². The van der Waals surface area contributed by atoms with Crippen LogP contribution in [0.4, 0.5) is 5.69 Å². The third kappa shape index (κ3) is 4.34. The molecule has 3 rings (SSSR count). The highest BCUT2D eigenvalue weighted by molar-refractivity contribution is 7.17. The average Bonchev–Trinajstić information content (AvgIpc) is 3.17. The molecule has 1 N–H and O–H groups in total. The Kier molecular flexibility index (Phi) is 6.07. The number of amides is 1. The maximum absolute atomic E-state index is 12.9. The molecule has 2 heterocycles. The van der Waals surface area contributed by atoms with Crippen LogP contribution in [0.25, 0.3) is 10.2 Å². The first kappa shape index (κ1) is 20.7. The molecule has 1 aromatic carbocycles. The summed E-state index contributed by atoms with van der Waals surface area (Å²) < 4.78 is 13.4. The first-order valence-electron chi connectivity index (χ1n) is 9.07. The second-order valence-electron chi connectivity index (χ2n) is 6.96. The Bertz CT molecular complexity index is 1140. The molecule has 9 heteroatoms. The van der Waals surface area contributed by atoms with E-state index in [-0.39, 0.29) is 18.0 Å². The van der Waals surface area contributed by atoms with E-state index in [0.29, 0.717) is 33.9 Å². The molecule has 0 aliphatic heterocycles. The van der Waals surface area contributed by atoms with Crippen LogP contribution in [0.1, 0.15) is 13.8 Å². The Morgan fingerprint density at radius 3 is 2.34 bits per heavy atom. The molecule has 2 aromatic heterocycles. The van der Waals surface area contributed by atoms with Crippen molar-refractivity contribution in [3.05, 3.63) is 50.5 Å². The predicted octanol–water partition coefficient (Wildman–Crippen LogP) is 2.54. The number of fused-ring (bicyclic) bond motifs is 1. The van der Waals surface area contributed by atoms with Crippen molar-refractivity contribution >= 4 is 33.1 Å². The quantitative estimate of drug-likeness (QED) is 0.638. The minimum atomic E-state index is -0.493. The molecule has 0 spiro atoms.